The number of hydrogen-bond acceptors (Lipinski definition) is 3. The van der Waals surface area contributed by atoms with Crippen molar-refractivity contribution >= 4 is 11.8 Å². The van der Waals surface area contributed by atoms with Crippen LogP contribution in [0.3, 0.4) is 0 Å². The highest BCUT2D eigenvalue weighted by molar-refractivity contribution is 5.85. The Hall–Kier alpha value is -1.10. The van der Waals surface area contributed by atoms with E-state index in [2.05, 4.69) is 10.6 Å². The lowest BCUT2D eigenvalue weighted by Crippen LogP contribution is -2.39. The Balaban J connectivity index is 2.21. The molecule has 0 radical (unpaired) electrons. The number of carbonyl (C=O) groups excluding carboxylic acids is 2. The summed E-state index contributed by atoms with van der Waals surface area (Å²) in [4.78, 5) is 22.6. The maximum Gasteiger partial charge on any atom is 0.239 e. The van der Waals surface area contributed by atoms with Crippen LogP contribution < -0.4 is 16.4 Å². The number of rotatable bonds is 4. The van der Waals surface area contributed by atoms with Gasteiger partial charge in [-0.05, 0) is 26.2 Å². The quantitative estimate of drug-likeness (QED) is 0.581. The van der Waals surface area contributed by atoms with Crippen LogP contribution in [0.1, 0.15) is 26.2 Å². The molecule has 0 heterocycles. The van der Waals surface area contributed by atoms with Gasteiger partial charge in [-0.3, -0.25) is 9.59 Å². The molecule has 5 heteroatoms. The van der Waals surface area contributed by atoms with E-state index in [1.165, 1.54) is 0 Å². The molecule has 1 aliphatic carbocycles. The van der Waals surface area contributed by atoms with E-state index in [9.17, 15) is 9.59 Å². The summed E-state index contributed by atoms with van der Waals surface area (Å²) < 4.78 is 0. The molecule has 2 unspecified atom stereocenters. The lowest BCUT2D eigenvalue weighted by atomic mass is 10.1. The van der Waals surface area contributed by atoms with Crippen LogP contribution in [0.4, 0.5) is 0 Å². The Morgan fingerprint density at radius 1 is 1.33 bits per heavy atom. The zero-order valence-corrected chi connectivity index (χ0v) is 9.08. The number of likely N-dealkylation sites (N-methyl/N-ethyl adjacent to an activating group) is 1. The molecule has 5 nitrogen and oxygen atoms in total. The zero-order valence-electron chi connectivity index (χ0n) is 9.08. The van der Waals surface area contributed by atoms with Crippen molar-refractivity contribution in [3.8, 4) is 0 Å². The van der Waals surface area contributed by atoms with Crippen LogP contribution in [0.5, 0.6) is 0 Å². The van der Waals surface area contributed by atoms with Crippen LogP contribution in [0.25, 0.3) is 0 Å². The number of hydrogen-bond donors (Lipinski definition) is 3. The maximum absolute atomic E-state index is 11.6. The average molecular weight is 213 g/mol. The predicted molar refractivity (Wildman–Crippen MR) is 57.0 cm³/mol. The molecule has 2 amide bonds. The maximum atomic E-state index is 11.6. The molecule has 1 aliphatic rings. The highest BCUT2D eigenvalue weighted by Gasteiger charge is 2.27. The predicted octanol–water partition coefficient (Wildman–Crippen LogP) is -0.634. The van der Waals surface area contributed by atoms with E-state index in [1.54, 1.807) is 0 Å². The van der Waals surface area contributed by atoms with Crippen molar-refractivity contribution in [2.24, 2.45) is 11.7 Å². The van der Waals surface area contributed by atoms with Crippen LogP contribution in [-0.4, -0.2) is 30.9 Å². The summed E-state index contributed by atoms with van der Waals surface area (Å²) in [7, 11) is 0. The number of nitrogens with two attached hydrogens (primary N) is 1. The topological polar surface area (TPSA) is 84.2 Å². The first-order chi connectivity index (χ1) is 7.13. The first-order valence-corrected chi connectivity index (χ1v) is 5.43. The van der Waals surface area contributed by atoms with Gasteiger partial charge in [-0.15, -0.1) is 0 Å². The van der Waals surface area contributed by atoms with Gasteiger partial charge in [0.1, 0.15) is 0 Å². The molecule has 1 rings (SSSR count). The van der Waals surface area contributed by atoms with Crippen molar-refractivity contribution in [3.05, 3.63) is 0 Å². The molecule has 1 fully saturated rings. The van der Waals surface area contributed by atoms with Gasteiger partial charge in [0, 0.05) is 18.5 Å². The fraction of sp³-hybridized carbons (Fsp3) is 0.800. The average Bonchev–Trinajstić information content (AvgIpc) is 2.62. The van der Waals surface area contributed by atoms with Crippen molar-refractivity contribution in [2.45, 2.75) is 32.2 Å². The smallest absolute Gasteiger partial charge is 0.239 e. The van der Waals surface area contributed by atoms with Gasteiger partial charge < -0.3 is 16.4 Å². The molecule has 4 N–H and O–H groups in total. The number of nitrogens with one attached hydrogen (secondary N) is 2. The summed E-state index contributed by atoms with van der Waals surface area (Å²) in [5.74, 6) is -0.197. The van der Waals surface area contributed by atoms with Gasteiger partial charge in [0.25, 0.3) is 0 Å². The molecule has 0 saturated heterocycles. The van der Waals surface area contributed by atoms with Gasteiger partial charge in [0.05, 0.1) is 6.54 Å². The molecule has 0 aromatic heterocycles. The largest absolute Gasteiger partial charge is 0.355 e. The van der Waals surface area contributed by atoms with Crippen LogP contribution in [-0.2, 0) is 9.59 Å². The number of carbonyl (C=O) groups is 2. The minimum absolute atomic E-state index is 0.00516. The molecule has 0 aliphatic heterocycles. The second kappa shape index (κ2) is 5.70. The van der Waals surface area contributed by atoms with Crippen molar-refractivity contribution in [3.63, 3.8) is 0 Å². The molecule has 0 aromatic carbocycles. The van der Waals surface area contributed by atoms with Crippen molar-refractivity contribution in [1.82, 2.24) is 10.6 Å². The molecule has 15 heavy (non-hydrogen) atoms. The molecule has 2 atom stereocenters. The second-order valence-corrected chi connectivity index (χ2v) is 3.94. The standard InChI is InChI=1S/C10H19N3O2/c1-2-12-9(14)6-13-10(15)7-3-4-8(11)5-7/h7-8H,2-6,11H2,1H3,(H,12,14)(H,13,15). The lowest BCUT2D eigenvalue weighted by Gasteiger charge is -2.10. The van der Waals surface area contributed by atoms with Crippen molar-refractivity contribution in [1.29, 1.82) is 0 Å². The third-order valence-electron chi connectivity index (χ3n) is 2.64. The minimum atomic E-state index is -0.145. The van der Waals surface area contributed by atoms with Gasteiger partial charge in [-0.25, -0.2) is 0 Å². The third-order valence-corrected chi connectivity index (χ3v) is 2.64. The van der Waals surface area contributed by atoms with Crippen LogP contribution in [0, 0.1) is 5.92 Å². The van der Waals surface area contributed by atoms with Crippen molar-refractivity contribution in [2.75, 3.05) is 13.1 Å². The van der Waals surface area contributed by atoms with E-state index in [1.807, 2.05) is 6.92 Å². The molecule has 0 bridgehead atoms. The highest BCUT2D eigenvalue weighted by Crippen LogP contribution is 2.23. The van der Waals surface area contributed by atoms with Crippen molar-refractivity contribution < 1.29 is 9.59 Å². The fourth-order valence-corrected chi connectivity index (χ4v) is 1.83. The Morgan fingerprint density at radius 2 is 2.07 bits per heavy atom. The monoisotopic (exact) mass is 213 g/mol. The molecule has 86 valence electrons. The normalized spacial score (nSPS) is 24.9. The van der Waals surface area contributed by atoms with Gasteiger partial charge in [-0.1, -0.05) is 0 Å². The number of amides is 2. The van der Waals surface area contributed by atoms with Gasteiger partial charge in [-0.2, -0.15) is 0 Å². The van der Waals surface area contributed by atoms with E-state index in [0.29, 0.717) is 6.54 Å². The lowest BCUT2D eigenvalue weighted by molar-refractivity contribution is -0.128. The zero-order chi connectivity index (χ0) is 11.3. The molecule has 0 aromatic rings. The van der Waals surface area contributed by atoms with E-state index in [4.69, 9.17) is 5.73 Å². The van der Waals surface area contributed by atoms with Gasteiger partial charge in [0.2, 0.25) is 11.8 Å². The molecule has 1 saturated carbocycles. The molecule has 0 spiro atoms. The van der Waals surface area contributed by atoms with E-state index >= 15 is 0 Å². The summed E-state index contributed by atoms with van der Waals surface area (Å²) >= 11 is 0. The van der Waals surface area contributed by atoms with Crippen LogP contribution >= 0.6 is 0 Å². The molecular weight excluding hydrogens is 194 g/mol. The summed E-state index contributed by atoms with van der Waals surface area (Å²) in [5.41, 5.74) is 5.71. The van der Waals surface area contributed by atoms with E-state index < -0.39 is 0 Å². The van der Waals surface area contributed by atoms with E-state index in [0.717, 1.165) is 19.3 Å². The fourth-order valence-electron chi connectivity index (χ4n) is 1.83. The molecular formula is C10H19N3O2. The summed E-state index contributed by atoms with van der Waals surface area (Å²) in [6, 6.07) is 0.144. The highest BCUT2D eigenvalue weighted by atomic mass is 16.2. The second-order valence-electron chi connectivity index (χ2n) is 3.94. The van der Waals surface area contributed by atoms with Crippen LogP contribution in [0.15, 0.2) is 0 Å². The Morgan fingerprint density at radius 3 is 2.60 bits per heavy atom. The third kappa shape index (κ3) is 3.87. The van der Waals surface area contributed by atoms with E-state index in [-0.39, 0.29) is 30.3 Å². The Kier molecular flexibility index (Phi) is 4.55. The SMILES string of the molecule is CCNC(=O)CNC(=O)C1CCC(N)C1. The van der Waals surface area contributed by atoms with Gasteiger partial charge in [0.15, 0.2) is 0 Å². The Bertz CT molecular complexity index is 243. The summed E-state index contributed by atoms with van der Waals surface area (Å²) in [6.45, 7) is 2.50. The van der Waals surface area contributed by atoms with Crippen LogP contribution in [0.2, 0.25) is 0 Å². The van der Waals surface area contributed by atoms with Gasteiger partial charge >= 0.3 is 0 Å². The first-order valence-electron chi connectivity index (χ1n) is 5.43. The minimum Gasteiger partial charge on any atom is -0.355 e. The Labute approximate surface area is 89.8 Å². The summed E-state index contributed by atoms with van der Waals surface area (Å²) in [5, 5.41) is 5.25. The summed E-state index contributed by atoms with van der Waals surface area (Å²) in [6.07, 6.45) is 2.48. The first kappa shape index (κ1) is 12.0.